The fourth-order valence-corrected chi connectivity index (χ4v) is 3.89. The quantitative estimate of drug-likeness (QED) is 0.134. The second-order valence-corrected chi connectivity index (χ2v) is 9.90. The molecule has 0 spiro atoms. The summed E-state index contributed by atoms with van der Waals surface area (Å²) >= 11 is 17.3. The lowest BCUT2D eigenvalue weighted by Gasteiger charge is -2.48. The summed E-state index contributed by atoms with van der Waals surface area (Å²) in [6, 6.07) is 17.9. The summed E-state index contributed by atoms with van der Waals surface area (Å²) in [5, 5.41) is 11.8. The lowest BCUT2D eigenvalue weighted by atomic mass is 9.96. The second kappa shape index (κ2) is 11.1. The molecule has 0 saturated carbocycles. The van der Waals surface area contributed by atoms with Gasteiger partial charge >= 0.3 is 0 Å². The van der Waals surface area contributed by atoms with Crippen molar-refractivity contribution in [3.05, 3.63) is 82.2 Å². The Balaban J connectivity index is 1.61. The number of rotatable bonds is 6. The molecule has 2 aromatic carbocycles. The van der Waals surface area contributed by atoms with Crippen molar-refractivity contribution in [2.24, 2.45) is 5.11 Å². The number of halogens is 3. The van der Waals surface area contributed by atoms with Crippen LogP contribution in [0.1, 0.15) is 17.4 Å². The highest BCUT2D eigenvalue weighted by Crippen LogP contribution is 2.38. The van der Waals surface area contributed by atoms with E-state index in [4.69, 9.17) is 63.9 Å². The molecule has 12 heteroatoms. The molecular formula is C22H21Cl3N4O5. The largest absolute Gasteiger partial charge is 0.448 e. The summed E-state index contributed by atoms with van der Waals surface area (Å²) in [6.45, 7) is 0.348. The Kier molecular flexibility index (Phi) is 8.18. The Labute approximate surface area is 210 Å². The van der Waals surface area contributed by atoms with Crippen molar-refractivity contribution in [3.8, 4) is 0 Å². The van der Waals surface area contributed by atoms with Crippen LogP contribution >= 0.6 is 34.8 Å². The van der Waals surface area contributed by atoms with Crippen molar-refractivity contribution < 1.29 is 23.7 Å². The van der Waals surface area contributed by atoms with Crippen LogP contribution in [0.5, 0.6) is 0 Å². The molecule has 0 bridgehead atoms. The standard InChI is InChI=1S/C22H21Cl3N4O5/c23-22(24,25)21(26)34-20-16(28-29-27)18(30-11-13-7-3-1-4-8-13)17-15(32-20)12-31-19(33-17)14-9-5-2-6-10-14/h1-10,15-20,26H,11-12H2/t15-,16-,17-,18-,19?,20?/m1/s1. The van der Waals surface area contributed by atoms with Crippen molar-refractivity contribution in [1.29, 1.82) is 5.41 Å². The van der Waals surface area contributed by atoms with Crippen LogP contribution in [0.15, 0.2) is 65.8 Å². The SMILES string of the molecule is [N-]=[N+]=N[C@H]1C(OC(=N)C(Cl)(Cl)Cl)O[C@@H]2COC(c3ccccc3)O[C@H]2[C@@H]1OCc1ccccc1. The first-order chi connectivity index (χ1) is 16.4. The molecule has 2 unspecified atom stereocenters. The molecule has 2 aliphatic heterocycles. The van der Waals surface area contributed by atoms with Gasteiger partial charge in [-0.2, -0.15) is 0 Å². The van der Waals surface area contributed by atoms with Crippen LogP contribution < -0.4 is 0 Å². The van der Waals surface area contributed by atoms with E-state index in [9.17, 15) is 5.53 Å². The molecule has 2 saturated heterocycles. The van der Waals surface area contributed by atoms with Crippen molar-refractivity contribution in [2.45, 2.75) is 47.3 Å². The highest BCUT2D eigenvalue weighted by atomic mass is 35.6. The Bertz CT molecular complexity index is 1020. The number of hydrogen-bond acceptors (Lipinski definition) is 7. The normalized spacial score (nSPS) is 28.9. The van der Waals surface area contributed by atoms with Crippen LogP contribution in [0, 0.1) is 5.41 Å². The molecule has 2 aromatic rings. The van der Waals surface area contributed by atoms with Crippen LogP contribution in [-0.2, 0) is 30.3 Å². The Morgan fingerprint density at radius 3 is 2.41 bits per heavy atom. The lowest BCUT2D eigenvalue weighted by Crippen LogP contribution is -2.62. The van der Waals surface area contributed by atoms with E-state index in [1.807, 2.05) is 60.7 Å². The summed E-state index contributed by atoms with van der Waals surface area (Å²) in [6.07, 6.45) is -4.06. The van der Waals surface area contributed by atoms with Crippen LogP contribution in [0.4, 0.5) is 0 Å². The Morgan fingerprint density at radius 2 is 1.76 bits per heavy atom. The van der Waals surface area contributed by atoms with Gasteiger partial charge in [0.05, 0.1) is 13.2 Å². The number of azide groups is 1. The monoisotopic (exact) mass is 526 g/mol. The zero-order valence-electron chi connectivity index (χ0n) is 17.7. The number of nitrogens with one attached hydrogen (secondary N) is 1. The maximum atomic E-state index is 9.25. The Hall–Kier alpha value is -2.07. The molecule has 0 aliphatic carbocycles. The predicted octanol–water partition coefficient (Wildman–Crippen LogP) is 5.45. The molecule has 0 aromatic heterocycles. The van der Waals surface area contributed by atoms with Gasteiger partial charge in [0.25, 0.3) is 3.79 Å². The van der Waals surface area contributed by atoms with Crippen LogP contribution in [-0.4, -0.2) is 46.9 Å². The molecule has 1 N–H and O–H groups in total. The fraction of sp³-hybridized carbons (Fsp3) is 0.409. The van der Waals surface area contributed by atoms with Gasteiger partial charge in [0.1, 0.15) is 24.4 Å². The molecule has 2 aliphatic rings. The molecule has 0 radical (unpaired) electrons. The second-order valence-electron chi connectivity index (χ2n) is 7.62. The number of fused-ring (bicyclic) bond motifs is 1. The van der Waals surface area contributed by atoms with Gasteiger partial charge in [-0.05, 0) is 11.1 Å². The highest BCUT2D eigenvalue weighted by Gasteiger charge is 2.52. The van der Waals surface area contributed by atoms with E-state index in [-0.39, 0.29) is 13.2 Å². The molecule has 34 heavy (non-hydrogen) atoms. The van der Waals surface area contributed by atoms with Gasteiger partial charge in [0.2, 0.25) is 12.2 Å². The molecule has 6 atom stereocenters. The van der Waals surface area contributed by atoms with E-state index in [2.05, 4.69) is 10.0 Å². The van der Waals surface area contributed by atoms with Gasteiger partial charge in [-0.25, -0.2) is 0 Å². The molecule has 2 heterocycles. The van der Waals surface area contributed by atoms with Crippen LogP contribution in [0.3, 0.4) is 0 Å². The number of ether oxygens (including phenoxy) is 5. The number of benzene rings is 2. The van der Waals surface area contributed by atoms with Gasteiger partial charge in [0.15, 0.2) is 6.29 Å². The first kappa shape index (κ1) is 25.0. The van der Waals surface area contributed by atoms with Crippen molar-refractivity contribution in [3.63, 3.8) is 0 Å². The summed E-state index contributed by atoms with van der Waals surface area (Å²) in [5.41, 5.74) is 11.0. The lowest BCUT2D eigenvalue weighted by molar-refractivity contribution is -0.339. The van der Waals surface area contributed by atoms with Crippen LogP contribution in [0.25, 0.3) is 10.4 Å². The van der Waals surface area contributed by atoms with E-state index in [0.717, 1.165) is 11.1 Å². The number of nitrogens with zero attached hydrogens (tertiary/aromatic N) is 3. The molecule has 2 fully saturated rings. The van der Waals surface area contributed by atoms with Gasteiger partial charge in [-0.15, -0.1) is 0 Å². The summed E-state index contributed by atoms with van der Waals surface area (Å²) < 4.78 is 27.6. The minimum Gasteiger partial charge on any atom is -0.448 e. The summed E-state index contributed by atoms with van der Waals surface area (Å²) in [5.74, 6) is -0.680. The van der Waals surface area contributed by atoms with Gasteiger partial charge in [-0.1, -0.05) is 101 Å². The average Bonchev–Trinajstić information content (AvgIpc) is 2.84. The van der Waals surface area contributed by atoms with E-state index in [1.165, 1.54) is 0 Å². The zero-order chi connectivity index (χ0) is 24.1. The molecule has 9 nitrogen and oxygen atoms in total. The summed E-state index contributed by atoms with van der Waals surface area (Å²) in [7, 11) is 0. The van der Waals surface area contributed by atoms with Crippen molar-refractivity contribution in [2.75, 3.05) is 6.61 Å². The smallest absolute Gasteiger partial charge is 0.265 e. The minimum absolute atomic E-state index is 0.138. The average molecular weight is 528 g/mol. The van der Waals surface area contributed by atoms with E-state index < -0.39 is 46.6 Å². The van der Waals surface area contributed by atoms with Crippen molar-refractivity contribution >= 4 is 40.7 Å². The van der Waals surface area contributed by atoms with Crippen molar-refractivity contribution in [1.82, 2.24) is 0 Å². The van der Waals surface area contributed by atoms with Crippen LogP contribution in [0.2, 0.25) is 0 Å². The maximum Gasteiger partial charge on any atom is 0.265 e. The molecular weight excluding hydrogens is 507 g/mol. The van der Waals surface area contributed by atoms with E-state index in [0.29, 0.717) is 0 Å². The fourth-order valence-electron chi connectivity index (χ4n) is 3.76. The van der Waals surface area contributed by atoms with E-state index in [1.54, 1.807) is 0 Å². The first-order valence-corrected chi connectivity index (χ1v) is 11.5. The minimum atomic E-state index is -2.13. The zero-order valence-corrected chi connectivity index (χ0v) is 19.9. The molecule has 0 amide bonds. The molecule has 180 valence electrons. The predicted molar refractivity (Wildman–Crippen MR) is 126 cm³/mol. The molecule has 4 rings (SSSR count). The first-order valence-electron chi connectivity index (χ1n) is 10.4. The van der Waals surface area contributed by atoms with E-state index >= 15 is 0 Å². The third-order valence-corrected chi connectivity index (χ3v) is 5.86. The number of alkyl halides is 3. The maximum absolute atomic E-state index is 9.25. The summed E-state index contributed by atoms with van der Waals surface area (Å²) in [4.78, 5) is 2.93. The third kappa shape index (κ3) is 5.94. The topological polar surface area (TPSA) is 119 Å². The Morgan fingerprint density at radius 1 is 1.09 bits per heavy atom. The van der Waals surface area contributed by atoms with Gasteiger partial charge in [0, 0.05) is 10.5 Å². The highest BCUT2D eigenvalue weighted by molar-refractivity contribution is 6.76. The third-order valence-electron chi connectivity index (χ3n) is 5.34. The van der Waals surface area contributed by atoms with Gasteiger partial charge < -0.3 is 23.7 Å². The number of hydrogen-bond donors (Lipinski definition) is 1. The van der Waals surface area contributed by atoms with Gasteiger partial charge in [-0.3, -0.25) is 5.41 Å².